The fourth-order valence-electron chi connectivity index (χ4n) is 3.58. The van der Waals surface area contributed by atoms with Crippen LogP contribution in [0, 0.1) is 6.92 Å². The summed E-state index contributed by atoms with van der Waals surface area (Å²) in [6.07, 6.45) is 0.728. The fourth-order valence-corrected chi connectivity index (χ4v) is 5.01. The Balaban J connectivity index is 1.56. The van der Waals surface area contributed by atoms with E-state index < -0.39 is 16.1 Å². The minimum absolute atomic E-state index is 0.0144. The first kappa shape index (κ1) is 21.8. The summed E-state index contributed by atoms with van der Waals surface area (Å²) in [6, 6.07) is 14.6. The summed E-state index contributed by atoms with van der Waals surface area (Å²) in [6.45, 7) is 3.80. The van der Waals surface area contributed by atoms with E-state index in [-0.39, 0.29) is 30.5 Å². The minimum Gasteiger partial charge on any atom is -0.355 e. The second kappa shape index (κ2) is 9.30. The largest absolute Gasteiger partial charge is 0.355 e. The third kappa shape index (κ3) is 5.38. The number of carbonyl (C=O) groups excluding carboxylic acids is 2. The predicted molar refractivity (Wildman–Crippen MR) is 117 cm³/mol. The molecular weight excluding hydrogens is 402 g/mol. The Kier molecular flexibility index (Phi) is 6.77. The number of nitrogens with zero attached hydrogens (tertiary/aromatic N) is 1. The number of hydrogen-bond acceptors (Lipinski definition) is 4. The lowest BCUT2D eigenvalue weighted by atomic mass is 10.0. The van der Waals surface area contributed by atoms with E-state index in [1.165, 1.54) is 11.2 Å². The molecule has 1 atom stereocenters. The summed E-state index contributed by atoms with van der Waals surface area (Å²) in [4.78, 5) is 24.0. The van der Waals surface area contributed by atoms with Crippen molar-refractivity contribution in [2.75, 3.05) is 23.1 Å². The zero-order chi connectivity index (χ0) is 21.7. The van der Waals surface area contributed by atoms with E-state index in [0.717, 1.165) is 16.7 Å². The van der Waals surface area contributed by atoms with Gasteiger partial charge in [-0.25, -0.2) is 8.42 Å². The molecule has 2 aromatic rings. The summed E-state index contributed by atoms with van der Waals surface area (Å²) in [7, 11) is -3.52. The van der Waals surface area contributed by atoms with Gasteiger partial charge in [-0.2, -0.15) is 0 Å². The van der Waals surface area contributed by atoms with Crippen molar-refractivity contribution >= 4 is 27.5 Å². The average molecular weight is 430 g/mol. The summed E-state index contributed by atoms with van der Waals surface area (Å²) in [5.74, 6) is -0.724. The molecule has 30 heavy (non-hydrogen) atoms. The van der Waals surface area contributed by atoms with Gasteiger partial charge < -0.3 is 10.6 Å². The van der Waals surface area contributed by atoms with Crippen molar-refractivity contribution < 1.29 is 18.0 Å². The molecule has 3 rings (SSSR count). The van der Waals surface area contributed by atoms with Crippen molar-refractivity contribution in [2.24, 2.45) is 0 Å². The van der Waals surface area contributed by atoms with Crippen LogP contribution in [0.4, 0.5) is 5.69 Å². The molecule has 0 saturated carbocycles. The van der Waals surface area contributed by atoms with Crippen LogP contribution < -0.4 is 14.9 Å². The van der Waals surface area contributed by atoms with Crippen molar-refractivity contribution in [3.8, 4) is 0 Å². The molecule has 2 N–H and O–H groups in total. The number of fused-ring (bicyclic) bond motifs is 1. The second-order valence-corrected chi connectivity index (χ2v) is 9.50. The normalized spacial score (nSPS) is 14.1. The average Bonchev–Trinajstić information content (AvgIpc) is 3.13. The zero-order valence-corrected chi connectivity index (χ0v) is 18.0. The molecule has 0 aromatic heterocycles. The van der Waals surface area contributed by atoms with Crippen molar-refractivity contribution in [1.82, 2.24) is 10.6 Å². The standard InChI is InChI=1S/C22H27N3O4S/c1-16-7-9-18(10-8-16)20(24-17(2)26)15-22(27)23-12-14-30(28,29)25-13-11-19-5-3-4-6-21(19)25/h3-10,20H,11-15H2,1-2H3,(H,23,27)(H,24,26). The number of rotatable bonds is 8. The van der Waals surface area contributed by atoms with Crippen LogP contribution in [0.15, 0.2) is 48.5 Å². The van der Waals surface area contributed by atoms with Crippen LogP contribution in [0.5, 0.6) is 0 Å². The smallest absolute Gasteiger partial charge is 0.236 e. The molecule has 2 amide bonds. The summed E-state index contributed by atoms with van der Waals surface area (Å²) in [5.41, 5.74) is 3.64. The summed E-state index contributed by atoms with van der Waals surface area (Å²) < 4.78 is 26.8. The number of benzene rings is 2. The van der Waals surface area contributed by atoms with Crippen molar-refractivity contribution in [1.29, 1.82) is 0 Å². The van der Waals surface area contributed by atoms with E-state index in [4.69, 9.17) is 0 Å². The van der Waals surface area contributed by atoms with Gasteiger partial charge in [0, 0.05) is 20.0 Å². The van der Waals surface area contributed by atoms with Crippen LogP contribution in [0.3, 0.4) is 0 Å². The molecule has 1 heterocycles. The zero-order valence-electron chi connectivity index (χ0n) is 17.2. The molecule has 1 aliphatic heterocycles. The Morgan fingerprint density at radius 1 is 1.10 bits per heavy atom. The van der Waals surface area contributed by atoms with Gasteiger partial charge in [-0.05, 0) is 30.5 Å². The van der Waals surface area contributed by atoms with Crippen molar-refractivity contribution in [3.05, 3.63) is 65.2 Å². The van der Waals surface area contributed by atoms with Crippen LogP contribution in [0.1, 0.15) is 36.1 Å². The van der Waals surface area contributed by atoms with Gasteiger partial charge in [0.2, 0.25) is 21.8 Å². The lowest BCUT2D eigenvalue weighted by Gasteiger charge is -2.20. The molecule has 7 nitrogen and oxygen atoms in total. The van der Waals surface area contributed by atoms with Gasteiger partial charge in [-0.15, -0.1) is 0 Å². The lowest BCUT2D eigenvalue weighted by Crippen LogP contribution is -2.38. The molecule has 0 radical (unpaired) electrons. The number of aryl methyl sites for hydroxylation is 1. The molecular formula is C22H27N3O4S. The highest BCUT2D eigenvalue weighted by Gasteiger charge is 2.28. The highest BCUT2D eigenvalue weighted by atomic mass is 32.2. The lowest BCUT2D eigenvalue weighted by molar-refractivity contribution is -0.122. The third-order valence-corrected chi connectivity index (χ3v) is 6.88. The monoisotopic (exact) mass is 429 g/mol. The first-order valence-corrected chi connectivity index (χ1v) is 11.6. The van der Waals surface area contributed by atoms with Gasteiger partial charge in [0.05, 0.1) is 23.9 Å². The number of anilines is 1. The predicted octanol–water partition coefficient (Wildman–Crippen LogP) is 2.07. The van der Waals surface area contributed by atoms with E-state index in [2.05, 4.69) is 10.6 Å². The van der Waals surface area contributed by atoms with Crippen molar-refractivity contribution in [2.45, 2.75) is 32.7 Å². The summed E-state index contributed by atoms with van der Waals surface area (Å²) in [5, 5.41) is 5.46. The third-order valence-electron chi connectivity index (χ3n) is 5.11. The number of nitrogens with one attached hydrogen (secondary N) is 2. The Labute approximate surface area is 177 Å². The SMILES string of the molecule is CC(=O)NC(CC(=O)NCCS(=O)(=O)N1CCc2ccccc21)c1ccc(C)cc1. The molecule has 0 aliphatic carbocycles. The molecule has 1 aliphatic rings. The topological polar surface area (TPSA) is 95.6 Å². The number of hydrogen-bond donors (Lipinski definition) is 2. The molecule has 1 unspecified atom stereocenters. The van der Waals surface area contributed by atoms with E-state index in [1.54, 1.807) is 6.07 Å². The molecule has 160 valence electrons. The maximum Gasteiger partial charge on any atom is 0.236 e. The van der Waals surface area contributed by atoms with Gasteiger partial charge in [0.1, 0.15) is 0 Å². The van der Waals surface area contributed by atoms with E-state index >= 15 is 0 Å². The maximum atomic E-state index is 12.7. The molecule has 0 bridgehead atoms. The highest BCUT2D eigenvalue weighted by molar-refractivity contribution is 7.92. The molecule has 0 spiro atoms. The van der Waals surface area contributed by atoms with Gasteiger partial charge in [0.15, 0.2) is 0 Å². The second-order valence-electron chi connectivity index (χ2n) is 7.48. The highest BCUT2D eigenvalue weighted by Crippen LogP contribution is 2.29. The molecule has 8 heteroatoms. The number of carbonyl (C=O) groups is 2. The molecule has 2 aromatic carbocycles. The van der Waals surface area contributed by atoms with E-state index in [0.29, 0.717) is 18.7 Å². The first-order valence-electron chi connectivity index (χ1n) is 9.95. The number of sulfonamides is 1. The van der Waals surface area contributed by atoms with Gasteiger partial charge in [0.25, 0.3) is 0 Å². The van der Waals surface area contributed by atoms with Crippen LogP contribution in [0.25, 0.3) is 0 Å². The Hall–Kier alpha value is -2.87. The van der Waals surface area contributed by atoms with Crippen LogP contribution in [-0.4, -0.2) is 39.1 Å². The van der Waals surface area contributed by atoms with E-state index in [1.807, 2.05) is 49.4 Å². The Morgan fingerprint density at radius 3 is 2.50 bits per heavy atom. The van der Waals surface area contributed by atoms with Gasteiger partial charge in [-0.3, -0.25) is 13.9 Å². The van der Waals surface area contributed by atoms with Crippen LogP contribution in [-0.2, 0) is 26.0 Å². The first-order chi connectivity index (χ1) is 14.3. The fraction of sp³-hybridized carbons (Fsp3) is 0.364. The van der Waals surface area contributed by atoms with Crippen LogP contribution >= 0.6 is 0 Å². The summed E-state index contributed by atoms with van der Waals surface area (Å²) >= 11 is 0. The van der Waals surface area contributed by atoms with E-state index in [9.17, 15) is 18.0 Å². The molecule has 0 fully saturated rings. The molecule has 0 saturated heterocycles. The maximum absolute atomic E-state index is 12.7. The number of amides is 2. The Morgan fingerprint density at radius 2 is 1.80 bits per heavy atom. The number of para-hydroxylation sites is 1. The van der Waals surface area contributed by atoms with Gasteiger partial charge in [-0.1, -0.05) is 48.0 Å². The van der Waals surface area contributed by atoms with Crippen molar-refractivity contribution in [3.63, 3.8) is 0 Å². The van der Waals surface area contributed by atoms with Crippen LogP contribution in [0.2, 0.25) is 0 Å². The quantitative estimate of drug-likeness (QED) is 0.672. The van der Waals surface area contributed by atoms with Gasteiger partial charge >= 0.3 is 0 Å². The Bertz CT molecular complexity index is 1020. The minimum atomic E-state index is -3.52.